The minimum Gasteiger partial charge on any atom is -0.352 e. The second-order valence-corrected chi connectivity index (χ2v) is 3.24. The Morgan fingerprint density at radius 1 is 1.64 bits per heavy atom. The molecule has 0 bridgehead atoms. The van der Waals surface area contributed by atoms with Crippen LogP contribution in [0.1, 0.15) is 0 Å². The van der Waals surface area contributed by atoms with Gasteiger partial charge in [-0.05, 0) is 11.3 Å². The maximum atomic E-state index is 11.7. The van der Waals surface area contributed by atoms with Crippen molar-refractivity contribution < 1.29 is 18.1 Å². The first kappa shape index (κ1) is 10.7. The van der Waals surface area contributed by atoms with Gasteiger partial charge in [0.05, 0.1) is 4.92 Å². The molecule has 0 unspecified atom stereocenters. The molecule has 1 heterocycles. The highest BCUT2D eigenvalue weighted by Crippen LogP contribution is 2.26. The molecule has 0 aliphatic carbocycles. The smallest absolute Gasteiger partial charge is 0.352 e. The number of alkyl halides is 3. The van der Waals surface area contributed by atoms with Gasteiger partial charge in [-0.2, -0.15) is 13.2 Å². The number of hydrogen-bond acceptors (Lipinski definition) is 5. The van der Waals surface area contributed by atoms with Gasteiger partial charge in [-0.15, -0.1) is 0 Å². The Labute approximate surface area is 79.7 Å². The van der Waals surface area contributed by atoms with Gasteiger partial charge in [-0.25, -0.2) is 4.98 Å². The van der Waals surface area contributed by atoms with Gasteiger partial charge in [0.1, 0.15) is 12.7 Å². The van der Waals surface area contributed by atoms with Crippen LogP contribution in [-0.2, 0) is 0 Å². The number of anilines is 1. The second-order valence-electron chi connectivity index (χ2n) is 2.23. The van der Waals surface area contributed by atoms with Gasteiger partial charge in [0.25, 0.3) is 0 Å². The summed E-state index contributed by atoms with van der Waals surface area (Å²) in [5.74, 6) is 0. The number of halogens is 3. The predicted octanol–water partition coefficient (Wildman–Crippen LogP) is 2.03. The molecule has 9 heteroatoms. The molecule has 0 amide bonds. The molecule has 0 spiro atoms. The van der Waals surface area contributed by atoms with E-state index in [0.29, 0.717) is 11.3 Å². The highest BCUT2D eigenvalue weighted by atomic mass is 32.1. The molecule has 0 radical (unpaired) electrons. The molecule has 0 aliphatic rings. The monoisotopic (exact) mass is 227 g/mol. The standard InChI is InChI=1S/C5H4F3N3O2S/c6-5(7,8)2-10-4-9-1-3(14-4)11(12)13/h1H,2H2,(H,9,10). The van der Waals surface area contributed by atoms with E-state index in [2.05, 4.69) is 4.98 Å². The quantitative estimate of drug-likeness (QED) is 0.633. The van der Waals surface area contributed by atoms with Crippen molar-refractivity contribution in [1.29, 1.82) is 0 Å². The van der Waals surface area contributed by atoms with Crippen LogP contribution < -0.4 is 5.32 Å². The first-order valence-corrected chi connectivity index (χ1v) is 4.11. The van der Waals surface area contributed by atoms with Gasteiger partial charge in [-0.1, -0.05) is 0 Å². The summed E-state index contributed by atoms with van der Waals surface area (Å²) in [6.07, 6.45) is -3.45. The van der Waals surface area contributed by atoms with E-state index in [1.807, 2.05) is 5.32 Å². The number of nitrogens with one attached hydrogen (secondary N) is 1. The Kier molecular flexibility index (Phi) is 2.89. The summed E-state index contributed by atoms with van der Waals surface area (Å²) in [4.78, 5) is 12.8. The largest absolute Gasteiger partial charge is 0.405 e. The third-order valence-electron chi connectivity index (χ3n) is 1.11. The molecule has 1 rings (SSSR count). The van der Waals surface area contributed by atoms with Crippen molar-refractivity contribution in [2.45, 2.75) is 6.18 Å². The lowest BCUT2D eigenvalue weighted by molar-refractivity contribution is -0.380. The lowest BCUT2D eigenvalue weighted by atomic mass is 10.6. The zero-order chi connectivity index (χ0) is 10.8. The van der Waals surface area contributed by atoms with Crippen LogP contribution in [0.15, 0.2) is 6.20 Å². The molecule has 1 N–H and O–H groups in total. The average molecular weight is 227 g/mol. The van der Waals surface area contributed by atoms with E-state index in [-0.39, 0.29) is 10.1 Å². The Morgan fingerprint density at radius 3 is 2.71 bits per heavy atom. The topological polar surface area (TPSA) is 68.1 Å². The Bertz CT molecular complexity index is 337. The third-order valence-corrected chi connectivity index (χ3v) is 2.02. The summed E-state index contributed by atoms with van der Waals surface area (Å²) in [6, 6.07) is 0. The highest BCUT2D eigenvalue weighted by Gasteiger charge is 2.27. The highest BCUT2D eigenvalue weighted by molar-refractivity contribution is 7.18. The predicted molar refractivity (Wildman–Crippen MR) is 43.3 cm³/mol. The van der Waals surface area contributed by atoms with Gasteiger partial charge >= 0.3 is 11.2 Å². The number of rotatable bonds is 3. The number of thiazole rings is 1. The summed E-state index contributed by atoms with van der Waals surface area (Å²) in [5, 5.41) is 11.7. The number of aromatic nitrogens is 1. The van der Waals surface area contributed by atoms with E-state index in [4.69, 9.17) is 0 Å². The molecule has 14 heavy (non-hydrogen) atoms. The van der Waals surface area contributed by atoms with E-state index in [9.17, 15) is 23.3 Å². The maximum absolute atomic E-state index is 11.7. The number of nitrogens with zero attached hydrogens (tertiary/aromatic N) is 2. The second kappa shape index (κ2) is 3.78. The fourth-order valence-electron chi connectivity index (χ4n) is 0.608. The molecular formula is C5H4F3N3O2S. The zero-order valence-corrected chi connectivity index (χ0v) is 7.35. The molecule has 1 aromatic rings. The summed E-state index contributed by atoms with van der Waals surface area (Å²) in [6.45, 7) is -1.25. The summed E-state index contributed by atoms with van der Waals surface area (Å²) in [7, 11) is 0. The molecule has 1 aromatic heterocycles. The van der Waals surface area contributed by atoms with Crippen LogP contribution in [-0.4, -0.2) is 22.6 Å². The normalized spacial score (nSPS) is 11.4. The SMILES string of the molecule is O=[N+]([O-])c1cnc(NCC(F)(F)F)s1. The number of hydrogen-bond donors (Lipinski definition) is 1. The average Bonchev–Trinajstić information content (AvgIpc) is 2.47. The Balaban J connectivity index is 2.56. The summed E-state index contributed by atoms with van der Waals surface area (Å²) >= 11 is 0.560. The van der Waals surface area contributed by atoms with Crippen LogP contribution in [0.5, 0.6) is 0 Å². The lowest BCUT2D eigenvalue weighted by Crippen LogP contribution is -2.21. The van der Waals surface area contributed by atoms with Gasteiger partial charge in [0, 0.05) is 0 Å². The molecule has 0 aliphatic heterocycles. The summed E-state index contributed by atoms with van der Waals surface area (Å²) < 4.78 is 35.1. The van der Waals surface area contributed by atoms with Crippen LogP contribution in [0.3, 0.4) is 0 Å². The van der Waals surface area contributed by atoms with E-state index in [1.165, 1.54) is 0 Å². The van der Waals surface area contributed by atoms with Crippen molar-refractivity contribution in [2.75, 3.05) is 11.9 Å². The Morgan fingerprint density at radius 2 is 2.29 bits per heavy atom. The minimum atomic E-state index is -4.36. The van der Waals surface area contributed by atoms with Gasteiger partial charge < -0.3 is 5.32 Å². The first-order chi connectivity index (χ1) is 6.38. The maximum Gasteiger partial charge on any atom is 0.405 e. The van der Waals surface area contributed by atoms with Crippen LogP contribution in [0, 0.1) is 10.1 Å². The van der Waals surface area contributed by atoms with Crippen molar-refractivity contribution in [2.24, 2.45) is 0 Å². The molecule has 5 nitrogen and oxygen atoms in total. The molecular weight excluding hydrogens is 223 g/mol. The number of nitro groups is 1. The van der Waals surface area contributed by atoms with E-state index < -0.39 is 17.6 Å². The molecule has 0 saturated carbocycles. The van der Waals surface area contributed by atoms with E-state index >= 15 is 0 Å². The van der Waals surface area contributed by atoms with Crippen LogP contribution in [0.4, 0.5) is 23.3 Å². The first-order valence-electron chi connectivity index (χ1n) is 3.29. The van der Waals surface area contributed by atoms with Crippen LogP contribution in [0.25, 0.3) is 0 Å². The van der Waals surface area contributed by atoms with Crippen molar-refractivity contribution in [1.82, 2.24) is 4.98 Å². The van der Waals surface area contributed by atoms with Gasteiger partial charge in [0.2, 0.25) is 0 Å². The van der Waals surface area contributed by atoms with E-state index in [0.717, 1.165) is 6.20 Å². The van der Waals surface area contributed by atoms with Crippen molar-refractivity contribution in [3.05, 3.63) is 16.3 Å². The minimum absolute atomic E-state index is 0.117. The molecule has 78 valence electrons. The zero-order valence-electron chi connectivity index (χ0n) is 6.54. The van der Waals surface area contributed by atoms with Crippen molar-refractivity contribution in [3.8, 4) is 0 Å². The van der Waals surface area contributed by atoms with E-state index in [1.54, 1.807) is 0 Å². The lowest BCUT2D eigenvalue weighted by Gasteiger charge is -2.05. The Hall–Kier alpha value is -1.38. The molecule has 0 saturated heterocycles. The third kappa shape index (κ3) is 3.17. The van der Waals surface area contributed by atoms with Crippen LogP contribution in [0.2, 0.25) is 0 Å². The summed E-state index contributed by atoms with van der Waals surface area (Å²) in [5.41, 5.74) is 0. The molecule has 0 aromatic carbocycles. The van der Waals surface area contributed by atoms with Crippen LogP contribution >= 0.6 is 11.3 Å². The van der Waals surface area contributed by atoms with Crippen molar-refractivity contribution in [3.63, 3.8) is 0 Å². The molecule has 0 atom stereocenters. The van der Waals surface area contributed by atoms with Gasteiger partial charge in [0.15, 0.2) is 5.13 Å². The fraction of sp³-hybridized carbons (Fsp3) is 0.400. The fourth-order valence-corrected chi connectivity index (χ4v) is 1.24. The van der Waals surface area contributed by atoms with Gasteiger partial charge in [-0.3, -0.25) is 10.1 Å². The molecule has 0 fully saturated rings. The van der Waals surface area contributed by atoms with Crippen molar-refractivity contribution >= 4 is 21.5 Å².